The van der Waals surface area contributed by atoms with Crippen LogP contribution >= 0.6 is 0 Å². The second-order valence-electron chi connectivity index (χ2n) is 6.50. The molecule has 0 saturated heterocycles. The lowest BCUT2D eigenvalue weighted by molar-refractivity contribution is -0.649. The molecule has 0 radical (unpaired) electrons. The fraction of sp³-hybridized carbons (Fsp3) is 1.00. The first kappa shape index (κ1) is 19.7. The molecular weight excluding hydrogens is 272 g/mol. The third kappa shape index (κ3) is 8.08. The summed E-state index contributed by atoms with van der Waals surface area (Å²) in [5.74, 6) is -3.86. The Bertz CT molecular complexity index is 265. The average Bonchev–Trinajstić information content (AvgIpc) is 2.22. The summed E-state index contributed by atoms with van der Waals surface area (Å²) >= 11 is 0. The summed E-state index contributed by atoms with van der Waals surface area (Å²) in [6, 6.07) is 0. The van der Waals surface area contributed by atoms with Gasteiger partial charge >= 0.3 is 11.9 Å². The van der Waals surface area contributed by atoms with Crippen LogP contribution in [0.2, 0.25) is 0 Å². The predicted molar refractivity (Wildman–Crippen MR) is 68.1 cm³/mol. The third-order valence-corrected chi connectivity index (χ3v) is 1.66. The summed E-state index contributed by atoms with van der Waals surface area (Å²) in [7, 11) is 0. The Hall–Kier alpha value is -0.320. The number of ether oxygens (including phenoxy) is 2. The quantitative estimate of drug-likeness (QED) is 0.421. The van der Waals surface area contributed by atoms with E-state index in [4.69, 9.17) is 29.8 Å². The van der Waals surface area contributed by atoms with Crippen molar-refractivity contribution in [3.8, 4) is 0 Å². The van der Waals surface area contributed by atoms with E-state index in [0.717, 1.165) is 0 Å². The van der Waals surface area contributed by atoms with E-state index >= 15 is 0 Å². The monoisotopic (exact) mass is 298 g/mol. The topological polar surface area (TPSA) is 95.8 Å². The number of hydrogen-bond donors (Lipinski definition) is 2. The molecule has 2 unspecified atom stereocenters. The minimum atomic E-state index is -1.93. The van der Waals surface area contributed by atoms with Crippen LogP contribution in [0, 0.1) is 0 Å². The van der Waals surface area contributed by atoms with E-state index in [1.807, 2.05) is 0 Å². The molecule has 122 valence electrons. The second-order valence-corrected chi connectivity index (χ2v) is 6.50. The fourth-order valence-corrected chi connectivity index (χ4v) is 1.37. The van der Waals surface area contributed by atoms with Gasteiger partial charge < -0.3 is 9.47 Å². The van der Waals surface area contributed by atoms with Gasteiger partial charge in [-0.05, 0) is 41.5 Å². The molecule has 8 nitrogen and oxygen atoms in total. The molecule has 2 N–H and O–H groups in total. The van der Waals surface area contributed by atoms with Gasteiger partial charge in [-0.15, -0.1) is 0 Å². The van der Waals surface area contributed by atoms with Crippen molar-refractivity contribution in [3.05, 3.63) is 0 Å². The number of rotatable bonds is 7. The summed E-state index contributed by atoms with van der Waals surface area (Å²) in [5.41, 5.74) is -1.38. The highest BCUT2D eigenvalue weighted by molar-refractivity contribution is 4.63. The highest BCUT2D eigenvalue weighted by Crippen LogP contribution is 2.27. The molecule has 0 aliphatic rings. The summed E-state index contributed by atoms with van der Waals surface area (Å²) in [5, 5.41) is 17.8. The van der Waals surface area contributed by atoms with Crippen LogP contribution in [0.4, 0.5) is 0 Å². The van der Waals surface area contributed by atoms with Gasteiger partial charge in [-0.1, -0.05) is 0 Å². The first-order valence-electron chi connectivity index (χ1n) is 6.16. The van der Waals surface area contributed by atoms with Crippen LogP contribution in [0.5, 0.6) is 0 Å². The van der Waals surface area contributed by atoms with E-state index < -0.39 is 23.1 Å². The zero-order valence-electron chi connectivity index (χ0n) is 13.3. The van der Waals surface area contributed by atoms with Crippen LogP contribution < -0.4 is 0 Å². The molecule has 0 bridgehead atoms. The van der Waals surface area contributed by atoms with E-state index in [0.29, 0.717) is 0 Å². The Labute approximate surface area is 119 Å². The molecule has 0 saturated carbocycles. The maximum Gasteiger partial charge on any atom is 0.337 e. The average molecular weight is 298 g/mol. The Morgan fingerprint density at radius 1 is 0.550 bits per heavy atom. The first-order chi connectivity index (χ1) is 8.74. The van der Waals surface area contributed by atoms with Crippen molar-refractivity contribution in [3.63, 3.8) is 0 Å². The summed E-state index contributed by atoms with van der Waals surface area (Å²) in [6.07, 6.45) is 0. The van der Waals surface area contributed by atoms with Crippen LogP contribution in [-0.2, 0) is 29.0 Å². The Morgan fingerprint density at radius 2 is 0.800 bits per heavy atom. The highest BCUT2D eigenvalue weighted by Gasteiger charge is 2.41. The van der Waals surface area contributed by atoms with Crippen molar-refractivity contribution in [2.24, 2.45) is 0 Å². The lowest BCUT2D eigenvalue weighted by Crippen LogP contribution is -2.47. The van der Waals surface area contributed by atoms with E-state index in [1.165, 1.54) is 13.8 Å². The molecule has 0 aromatic carbocycles. The maximum atomic E-state index is 8.88. The fourth-order valence-electron chi connectivity index (χ4n) is 1.37. The molecule has 0 aliphatic carbocycles. The summed E-state index contributed by atoms with van der Waals surface area (Å²) in [6.45, 7) is 12.9. The van der Waals surface area contributed by atoms with Crippen molar-refractivity contribution in [2.75, 3.05) is 0 Å². The van der Waals surface area contributed by atoms with Crippen LogP contribution in [0.3, 0.4) is 0 Å². The van der Waals surface area contributed by atoms with Crippen molar-refractivity contribution in [1.82, 2.24) is 0 Å². The van der Waals surface area contributed by atoms with E-state index in [9.17, 15) is 0 Å². The lowest BCUT2D eigenvalue weighted by atomic mass is 10.2. The first-order valence-corrected chi connectivity index (χ1v) is 6.16. The van der Waals surface area contributed by atoms with Crippen LogP contribution in [-0.4, -0.2) is 33.7 Å². The molecule has 0 fully saturated rings. The van der Waals surface area contributed by atoms with Crippen LogP contribution in [0.25, 0.3) is 0 Å². The molecule has 0 aromatic rings. The van der Waals surface area contributed by atoms with Crippen molar-refractivity contribution in [2.45, 2.75) is 78.5 Å². The van der Waals surface area contributed by atoms with Gasteiger partial charge in [-0.2, -0.15) is 19.6 Å². The van der Waals surface area contributed by atoms with Gasteiger partial charge in [0.1, 0.15) is 0 Å². The number of hydrogen-bond acceptors (Lipinski definition) is 8. The van der Waals surface area contributed by atoms with E-state index in [-0.39, 0.29) is 0 Å². The predicted octanol–water partition coefficient (Wildman–Crippen LogP) is 2.89. The molecule has 8 heteroatoms. The zero-order chi connectivity index (χ0) is 16.2. The maximum absolute atomic E-state index is 8.88. The largest absolute Gasteiger partial charge is 0.337 e. The van der Waals surface area contributed by atoms with Gasteiger partial charge in [0.05, 0.1) is 11.2 Å². The molecular formula is C12H26O8. The third-order valence-electron chi connectivity index (χ3n) is 1.66. The van der Waals surface area contributed by atoms with Gasteiger partial charge in [-0.3, -0.25) is 0 Å². The van der Waals surface area contributed by atoms with Gasteiger partial charge in [0, 0.05) is 13.8 Å². The smallest absolute Gasteiger partial charge is 0.318 e. The van der Waals surface area contributed by atoms with Gasteiger partial charge in [0.2, 0.25) is 0 Å². The normalized spacial score (nSPS) is 19.5. The Kier molecular flexibility index (Phi) is 6.52. The molecule has 0 rings (SSSR count). The molecule has 0 aliphatic heterocycles. The molecule has 2 atom stereocenters. The standard InChI is InChI=1S/C12H26O8/c1-9(2,3)15-11(7,17-13)19-20-12(8,18-14)16-10(4,5)6/h13-14H,1-8H3. The minimum Gasteiger partial charge on any atom is -0.318 e. The molecule has 0 aromatic heterocycles. The molecule has 0 amide bonds. The lowest BCUT2D eigenvalue weighted by Gasteiger charge is -2.36. The van der Waals surface area contributed by atoms with Crippen molar-refractivity contribution in [1.29, 1.82) is 0 Å². The van der Waals surface area contributed by atoms with Crippen LogP contribution in [0.1, 0.15) is 55.4 Å². The molecule has 0 heterocycles. The molecule has 0 spiro atoms. The summed E-state index contributed by atoms with van der Waals surface area (Å²) < 4.78 is 10.7. The van der Waals surface area contributed by atoms with E-state index in [2.05, 4.69) is 9.78 Å². The van der Waals surface area contributed by atoms with Gasteiger partial charge in [-0.25, -0.2) is 10.5 Å². The second kappa shape index (κ2) is 6.63. The van der Waals surface area contributed by atoms with Gasteiger partial charge in [0.15, 0.2) is 0 Å². The summed E-state index contributed by atoms with van der Waals surface area (Å²) in [4.78, 5) is 17.9. The van der Waals surface area contributed by atoms with Crippen molar-refractivity contribution < 1.29 is 39.5 Å². The van der Waals surface area contributed by atoms with E-state index in [1.54, 1.807) is 41.5 Å². The van der Waals surface area contributed by atoms with Gasteiger partial charge in [0.25, 0.3) is 0 Å². The minimum absolute atomic E-state index is 0.692. The Balaban J connectivity index is 4.75. The Morgan fingerprint density at radius 3 is 0.950 bits per heavy atom. The SMILES string of the molecule is CC(C)(C)OC(C)(OO)OOC(C)(OO)OC(C)(C)C. The van der Waals surface area contributed by atoms with Crippen LogP contribution in [0.15, 0.2) is 0 Å². The van der Waals surface area contributed by atoms with Crippen molar-refractivity contribution >= 4 is 0 Å². The molecule has 20 heavy (non-hydrogen) atoms. The zero-order valence-corrected chi connectivity index (χ0v) is 13.3. The highest BCUT2D eigenvalue weighted by atomic mass is 17.4.